The number of benzene rings is 1. The average molecular weight is 461 g/mol. The predicted octanol–water partition coefficient (Wildman–Crippen LogP) is 4.06. The van der Waals surface area contributed by atoms with Crippen LogP contribution < -0.4 is 0 Å². The highest BCUT2D eigenvalue weighted by Crippen LogP contribution is 2.38. The van der Waals surface area contributed by atoms with E-state index in [-0.39, 0.29) is 11.8 Å². The van der Waals surface area contributed by atoms with Gasteiger partial charge in [0.1, 0.15) is 5.88 Å². The summed E-state index contributed by atoms with van der Waals surface area (Å²) in [5.74, 6) is 0.341. The first-order chi connectivity index (χ1) is 15.9. The number of rotatable bonds is 5. The number of sulfone groups is 1. The zero-order chi connectivity index (χ0) is 23.0. The summed E-state index contributed by atoms with van der Waals surface area (Å²) in [7, 11) is -3.15. The SMILES string of the molecule is CS(=O)(=O)Cn1cc(-c2ccc(-c3cnn4ccnc(C5CCC(C#N)CC5)c34)cc2)cn1. The molecule has 0 atom stereocenters. The third-order valence-corrected chi connectivity index (χ3v) is 7.02. The van der Waals surface area contributed by atoms with Gasteiger partial charge in [-0.05, 0) is 36.8 Å². The summed E-state index contributed by atoms with van der Waals surface area (Å²) in [4.78, 5) is 4.73. The van der Waals surface area contributed by atoms with Crippen LogP contribution in [0.1, 0.15) is 37.3 Å². The van der Waals surface area contributed by atoms with Crippen molar-refractivity contribution in [1.29, 1.82) is 5.26 Å². The predicted molar refractivity (Wildman–Crippen MR) is 125 cm³/mol. The van der Waals surface area contributed by atoms with Crippen LogP contribution in [0.4, 0.5) is 0 Å². The molecule has 0 unspecified atom stereocenters. The van der Waals surface area contributed by atoms with Gasteiger partial charge in [0.25, 0.3) is 0 Å². The van der Waals surface area contributed by atoms with Gasteiger partial charge in [0.05, 0.1) is 29.7 Å². The van der Waals surface area contributed by atoms with Crippen molar-refractivity contribution in [1.82, 2.24) is 24.4 Å². The van der Waals surface area contributed by atoms with Crippen LogP contribution in [0.5, 0.6) is 0 Å². The van der Waals surface area contributed by atoms with Crippen LogP contribution in [0.3, 0.4) is 0 Å². The molecule has 0 radical (unpaired) electrons. The van der Waals surface area contributed by atoms with Gasteiger partial charge < -0.3 is 0 Å². The molecule has 3 heterocycles. The smallest absolute Gasteiger partial charge is 0.167 e. The molecule has 0 aliphatic heterocycles. The van der Waals surface area contributed by atoms with E-state index in [1.807, 2.05) is 41.2 Å². The molecule has 8 nitrogen and oxygen atoms in total. The van der Waals surface area contributed by atoms with Crippen LogP contribution in [0.25, 0.3) is 27.8 Å². The Morgan fingerprint density at radius 1 is 1.03 bits per heavy atom. The lowest BCUT2D eigenvalue weighted by molar-refractivity contribution is 0.378. The third kappa shape index (κ3) is 4.39. The van der Waals surface area contributed by atoms with E-state index in [1.54, 1.807) is 18.6 Å². The standard InChI is InChI=1S/C24H24N6O2S/c1-33(31,32)16-29-15-21(13-27-29)18-6-8-19(9-7-18)22-14-28-30-11-10-26-23(24(22)30)20-4-2-17(12-25)3-5-20/h6-11,13-15,17,20H,2-5,16H2,1H3. The molecular weight excluding hydrogens is 436 g/mol. The van der Waals surface area contributed by atoms with Crippen molar-refractivity contribution in [3.05, 3.63) is 60.9 Å². The number of aromatic nitrogens is 5. The highest BCUT2D eigenvalue weighted by Gasteiger charge is 2.26. The van der Waals surface area contributed by atoms with E-state index in [0.29, 0.717) is 5.92 Å². The maximum Gasteiger partial charge on any atom is 0.167 e. The first kappa shape index (κ1) is 21.3. The minimum absolute atomic E-state index is 0.139. The van der Waals surface area contributed by atoms with Crippen LogP contribution in [-0.2, 0) is 15.7 Å². The van der Waals surface area contributed by atoms with E-state index in [9.17, 15) is 13.7 Å². The van der Waals surface area contributed by atoms with E-state index < -0.39 is 9.84 Å². The fourth-order valence-corrected chi connectivity index (χ4v) is 5.26. The molecule has 1 aliphatic carbocycles. The Balaban J connectivity index is 1.45. The molecule has 0 N–H and O–H groups in total. The Hall–Kier alpha value is -3.51. The first-order valence-electron chi connectivity index (χ1n) is 10.9. The number of hydrogen-bond acceptors (Lipinski definition) is 6. The number of nitrogens with zero attached hydrogens (tertiary/aromatic N) is 6. The lowest BCUT2D eigenvalue weighted by Gasteiger charge is -2.24. The van der Waals surface area contributed by atoms with Crippen LogP contribution in [-0.4, -0.2) is 39.1 Å². The van der Waals surface area contributed by atoms with E-state index in [2.05, 4.69) is 16.3 Å². The molecule has 0 amide bonds. The average Bonchev–Trinajstić information content (AvgIpc) is 3.45. The van der Waals surface area contributed by atoms with Gasteiger partial charge in [-0.15, -0.1) is 0 Å². The van der Waals surface area contributed by atoms with Crippen molar-refractivity contribution < 1.29 is 8.42 Å². The molecule has 0 bridgehead atoms. The van der Waals surface area contributed by atoms with Gasteiger partial charge in [0.2, 0.25) is 0 Å². The van der Waals surface area contributed by atoms with Crippen molar-refractivity contribution in [2.24, 2.45) is 5.92 Å². The minimum atomic E-state index is -3.15. The van der Waals surface area contributed by atoms with Gasteiger partial charge in [0.15, 0.2) is 9.84 Å². The number of hydrogen-bond donors (Lipinski definition) is 0. The summed E-state index contributed by atoms with van der Waals surface area (Å²) in [5, 5.41) is 17.9. The Morgan fingerprint density at radius 2 is 1.76 bits per heavy atom. The molecule has 1 aliphatic rings. The molecular formula is C24H24N6O2S. The molecule has 33 heavy (non-hydrogen) atoms. The van der Waals surface area contributed by atoms with Crippen molar-refractivity contribution >= 4 is 15.4 Å². The highest BCUT2D eigenvalue weighted by molar-refractivity contribution is 7.89. The van der Waals surface area contributed by atoms with E-state index in [4.69, 9.17) is 4.98 Å². The molecule has 9 heteroatoms. The summed E-state index contributed by atoms with van der Waals surface area (Å²) in [6, 6.07) is 10.5. The molecule has 0 saturated heterocycles. The third-order valence-electron chi connectivity index (χ3n) is 6.29. The topological polar surface area (TPSA) is 106 Å². The summed E-state index contributed by atoms with van der Waals surface area (Å²) in [6.45, 7) is 0. The lowest BCUT2D eigenvalue weighted by atomic mass is 9.80. The van der Waals surface area contributed by atoms with Crippen molar-refractivity contribution in [3.63, 3.8) is 0 Å². The monoisotopic (exact) mass is 460 g/mol. The maximum absolute atomic E-state index is 11.5. The Labute approximate surface area is 192 Å². The van der Waals surface area contributed by atoms with Gasteiger partial charge in [-0.1, -0.05) is 24.3 Å². The summed E-state index contributed by atoms with van der Waals surface area (Å²) in [6.07, 6.45) is 13.9. The first-order valence-corrected chi connectivity index (χ1v) is 13.0. The second-order valence-electron chi connectivity index (χ2n) is 8.74. The van der Waals surface area contributed by atoms with Gasteiger partial charge in [-0.3, -0.25) is 9.67 Å². The maximum atomic E-state index is 11.5. The molecule has 1 aromatic carbocycles. The second kappa shape index (κ2) is 8.45. The minimum Gasteiger partial charge on any atom is -0.257 e. The molecule has 3 aromatic heterocycles. The zero-order valence-corrected chi connectivity index (χ0v) is 19.1. The van der Waals surface area contributed by atoms with Crippen molar-refractivity contribution in [3.8, 4) is 28.3 Å². The molecule has 5 rings (SSSR count). The lowest BCUT2D eigenvalue weighted by Crippen LogP contribution is -2.14. The summed E-state index contributed by atoms with van der Waals surface area (Å²) >= 11 is 0. The Kier molecular flexibility index (Phi) is 5.46. The van der Waals surface area contributed by atoms with E-state index >= 15 is 0 Å². The summed E-state index contributed by atoms with van der Waals surface area (Å²) in [5.41, 5.74) is 5.96. The van der Waals surface area contributed by atoms with Gasteiger partial charge in [0, 0.05) is 47.8 Å². The largest absolute Gasteiger partial charge is 0.257 e. The molecule has 168 valence electrons. The fourth-order valence-electron chi connectivity index (χ4n) is 4.64. The molecule has 0 spiro atoms. The molecule has 4 aromatic rings. The molecule has 1 fully saturated rings. The highest BCUT2D eigenvalue weighted by atomic mass is 32.2. The van der Waals surface area contributed by atoms with Gasteiger partial charge in [-0.25, -0.2) is 12.9 Å². The Bertz CT molecular complexity index is 1440. The van der Waals surface area contributed by atoms with E-state index in [0.717, 1.165) is 59.1 Å². The van der Waals surface area contributed by atoms with Crippen molar-refractivity contribution in [2.75, 3.05) is 6.26 Å². The number of nitriles is 1. The Morgan fingerprint density at radius 3 is 2.45 bits per heavy atom. The van der Waals surface area contributed by atoms with Crippen LogP contribution in [0.15, 0.2) is 55.2 Å². The summed E-state index contributed by atoms with van der Waals surface area (Å²) < 4.78 is 26.3. The number of fused-ring (bicyclic) bond motifs is 1. The van der Waals surface area contributed by atoms with Gasteiger partial charge >= 0.3 is 0 Å². The van der Waals surface area contributed by atoms with Crippen LogP contribution in [0.2, 0.25) is 0 Å². The quantitative estimate of drug-likeness (QED) is 0.445. The van der Waals surface area contributed by atoms with E-state index in [1.165, 1.54) is 10.9 Å². The second-order valence-corrected chi connectivity index (χ2v) is 10.9. The van der Waals surface area contributed by atoms with Gasteiger partial charge in [-0.2, -0.15) is 15.5 Å². The van der Waals surface area contributed by atoms with Crippen molar-refractivity contribution in [2.45, 2.75) is 37.5 Å². The zero-order valence-electron chi connectivity index (χ0n) is 18.3. The normalized spacial score (nSPS) is 18.9. The molecule has 1 saturated carbocycles. The van der Waals surface area contributed by atoms with Crippen LogP contribution in [0, 0.1) is 17.2 Å². The van der Waals surface area contributed by atoms with Crippen LogP contribution >= 0.6 is 0 Å². The fraction of sp³-hybridized carbons (Fsp3) is 0.333.